The van der Waals surface area contributed by atoms with Crippen LogP contribution in [-0.2, 0) is 9.59 Å². The summed E-state index contributed by atoms with van der Waals surface area (Å²) < 4.78 is 0. The fourth-order valence-electron chi connectivity index (χ4n) is 2.58. The van der Waals surface area contributed by atoms with Gasteiger partial charge in [0.15, 0.2) is 0 Å². The number of rotatable bonds is 5. The van der Waals surface area contributed by atoms with Crippen LogP contribution in [0.25, 0.3) is 0 Å². The van der Waals surface area contributed by atoms with Gasteiger partial charge in [0.2, 0.25) is 11.8 Å². The Balaban J connectivity index is 0.00000264. The summed E-state index contributed by atoms with van der Waals surface area (Å²) in [6.07, 6.45) is 3.88. The molecule has 1 saturated heterocycles. The second-order valence-corrected chi connectivity index (χ2v) is 5.74. The Morgan fingerprint density at radius 2 is 2.08 bits per heavy atom. The van der Waals surface area contributed by atoms with E-state index >= 15 is 0 Å². The van der Waals surface area contributed by atoms with E-state index in [1.165, 1.54) is 0 Å². The zero-order chi connectivity index (χ0) is 15.9. The van der Waals surface area contributed by atoms with Crippen molar-refractivity contribution in [2.24, 2.45) is 5.92 Å². The first kappa shape index (κ1) is 22.6. The van der Waals surface area contributed by atoms with Crippen molar-refractivity contribution in [2.75, 3.05) is 32.0 Å². The molecular formula is C16H26Cl2N4O2. The first-order valence-electron chi connectivity index (χ1n) is 7.76. The fraction of sp³-hybridized carbons (Fsp3) is 0.562. The summed E-state index contributed by atoms with van der Waals surface area (Å²) in [5, 5.41) is 5.81. The smallest absolute Gasteiger partial charge is 0.230 e. The minimum atomic E-state index is -0.157. The van der Waals surface area contributed by atoms with Crippen molar-refractivity contribution in [3.63, 3.8) is 0 Å². The maximum atomic E-state index is 12.3. The third-order valence-electron chi connectivity index (χ3n) is 3.90. The maximum Gasteiger partial charge on any atom is 0.230 e. The van der Waals surface area contributed by atoms with Crippen molar-refractivity contribution >= 4 is 42.4 Å². The monoisotopic (exact) mass is 376 g/mol. The van der Waals surface area contributed by atoms with Gasteiger partial charge < -0.3 is 15.5 Å². The molecule has 1 aliphatic rings. The van der Waals surface area contributed by atoms with Crippen molar-refractivity contribution in [2.45, 2.75) is 26.2 Å². The number of amides is 2. The Labute approximate surface area is 155 Å². The first-order chi connectivity index (χ1) is 10.6. The summed E-state index contributed by atoms with van der Waals surface area (Å²) >= 11 is 0. The summed E-state index contributed by atoms with van der Waals surface area (Å²) in [4.78, 5) is 30.4. The normalized spacial score (nSPS) is 16.6. The second kappa shape index (κ2) is 11.2. The number of carbonyl (C=O) groups excluding carboxylic acids is 2. The van der Waals surface area contributed by atoms with Crippen LogP contribution >= 0.6 is 24.8 Å². The number of nitrogens with one attached hydrogen (secondary N) is 2. The van der Waals surface area contributed by atoms with Gasteiger partial charge in [-0.15, -0.1) is 24.8 Å². The quantitative estimate of drug-likeness (QED) is 0.824. The number of aromatic nitrogens is 1. The molecular weight excluding hydrogens is 351 g/mol. The largest absolute Gasteiger partial charge is 0.342 e. The van der Waals surface area contributed by atoms with Crippen LogP contribution in [0, 0.1) is 12.8 Å². The van der Waals surface area contributed by atoms with Crippen LogP contribution in [0.5, 0.6) is 0 Å². The molecule has 136 valence electrons. The van der Waals surface area contributed by atoms with E-state index in [-0.39, 0.29) is 42.5 Å². The molecule has 0 aromatic carbocycles. The molecule has 1 atom stereocenters. The van der Waals surface area contributed by atoms with E-state index in [1.54, 1.807) is 17.2 Å². The molecule has 24 heavy (non-hydrogen) atoms. The molecule has 0 radical (unpaired) electrons. The van der Waals surface area contributed by atoms with E-state index in [0.29, 0.717) is 25.3 Å². The highest BCUT2D eigenvalue weighted by molar-refractivity contribution is 5.92. The number of aryl methyl sites for hydroxylation is 1. The van der Waals surface area contributed by atoms with Gasteiger partial charge in [-0.2, -0.15) is 0 Å². The number of pyridine rings is 1. The number of likely N-dealkylation sites (tertiary alicyclic amines) is 1. The number of halogens is 2. The zero-order valence-corrected chi connectivity index (χ0v) is 15.7. The summed E-state index contributed by atoms with van der Waals surface area (Å²) in [5.74, 6) is 0.465. The van der Waals surface area contributed by atoms with E-state index in [4.69, 9.17) is 0 Å². The van der Waals surface area contributed by atoms with Gasteiger partial charge in [-0.25, -0.2) is 4.98 Å². The molecule has 2 amide bonds. The number of nitrogens with zero attached hydrogens (tertiary/aromatic N) is 2. The number of piperidine rings is 1. The van der Waals surface area contributed by atoms with Gasteiger partial charge >= 0.3 is 0 Å². The molecule has 0 bridgehead atoms. The highest BCUT2D eigenvalue weighted by Gasteiger charge is 2.28. The van der Waals surface area contributed by atoms with E-state index in [0.717, 1.165) is 24.9 Å². The average Bonchev–Trinajstić information content (AvgIpc) is 2.54. The number of hydrogen-bond acceptors (Lipinski definition) is 4. The molecule has 1 aromatic heterocycles. The Morgan fingerprint density at radius 1 is 1.33 bits per heavy atom. The zero-order valence-electron chi connectivity index (χ0n) is 14.1. The molecule has 0 aliphatic carbocycles. The van der Waals surface area contributed by atoms with Crippen LogP contribution in [0.3, 0.4) is 0 Å². The molecule has 2 N–H and O–H groups in total. The molecule has 6 nitrogen and oxygen atoms in total. The minimum Gasteiger partial charge on any atom is -0.342 e. The van der Waals surface area contributed by atoms with E-state index in [1.807, 2.05) is 20.0 Å². The molecule has 2 heterocycles. The van der Waals surface area contributed by atoms with Crippen LogP contribution in [0.2, 0.25) is 0 Å². The predicted octanol–water partition coefficient (Wildman–Crippen LogP) is 2.02. The molecule has 1 aromatic rings. The standard InChI is InChI=1S/C16H24N4O2.2ClH/c1-12-5-6-14(18-10-12)19-16(22)13-4-3-9-20(11-13)15(21)7-8-17-2;;/h5-6,10,13,17H,3-4,7-9,11H2,1-2H3,(H,18,19,22);2*1H. The predicted molar refractivity (Wildman–Crippen MR) is 99.9 cm³/mol. The lowest BCUT2D eigenvalue weighted by molar-refractivity contribution is -0.134. The summed E-state index contributed by atoms with van der Waals surface area (Å²) in [5.41, 5.74) is 1.05. The average molecular weight is 377 g/mol. The van der Waals surface area contributed by atoms with E-state index in [9.17, 15) is 9.59 Å². The summed E-state index contributed by atoms with van der Waals surface area (Å²) in [6, 6.07) is 3.71. The molecule has 1 unspecified atom stereocenters. The van der Waals surface area contributed by atoms with Gasteiger partial charge in [0.25, 0.3) is 0 Å². The topological polar surface area (TPSA) is 74.3 Å². The molecule has 1 fully saturated rings. The van der Waals surface area contributed by atoms with Gasteiger partial charge in [0, 0.05) is 32.3 Å². The van der Waals surface area contributed by atoms with Crippen LogP contribution in [0.4, 0.5) is 5.82 Å². The van der Waals surface area contributed by atoms with E-state index in [2.05, 4.69) is 15.6 Å². The van der Waals surface area contributed by atoms with Crippen molar-refractivity contribution in [1.82, 2.24) is 15.2 Å². The number of anilines is 1. The Hall–Kier alpha value is -1.37. The van der Waals surface area contributed by atoms with Gasteiger partial charge in [0.05, 0.1) is 5.92 Å². The number of carbonyl (C=O) groups is 2. The lowest BCUT2D eigenvalue weighted by atomic mass is 9.97. The SMILES string of the molecule is CNCCC(=O)N1CCCC(C(=O)Nc2ccc(C)cn2)C1.Cl.Cl. The highest BCUT2D eigenvalue weighted by atomic mass is 35.5. The molecule has 8 heteroatoms. The van der Waals surface area contributed by atoms with E-state index < -0.39 is 0 Å². The third kappa shape index (κ3) is 6.63. The Bertz CT molecular complexity index is 525. The van der Waals surface area contributed by atoms with Crippen LogP contribution in [-0.4, -0.2) is 48.4 Å². The van der Waals surface area contributed by atoms with Crippen LogP contribution in [0.1, 0.15) is 24.8 Å². The molecule has 0 spiro atoms. The van der Waals surface area contributed by atoms with Crippen LogP contribution in [0.15, 0.2) is 18.3 Å². The summed E-state index contributed by atoms with van der Waals surface area (Å²) in [7, 11) is 1.83. The van der Waals surface area contributed by atoms with Crippen LogP contribution < -0.4 is 10.6 Å². The van der Waals surface area contributed by atoms with Crippen molar-refractivity contribution in [1.29, 1.82) is 0 Å². The minimum absolute atomic E-state index is 0. The Morgan fingerprint density at radius 3 is 2.71 bits per heavy atom. The van der Waals surface area contributed by atoms with Gasteiger partial charge in [-0.3, -0.25) is 9.59 Å². The lowest BCUT2D eigenvalue weighted by Gasteiger charge is -2.32. The lowest BCUT2D eigenvalue weighted by Crippen LogP contribution is -2.44. The first-order valence-corrected chi connectivity index (χ1v) is 7.76. The van der Waals surface area contributed by atoms with Crippen molar-refractivity contribution in [3.8, 4) is 0 Å². The molecule has 1 aliphatic heterocycles. The summed E-state index contributed by atoms with van der Waals surface area (Å²) in [6.45, 7) is 3.86. The maximum absolute atomic E-state index is 12.3. The van der Waals surface area contributed by atoms with Gasteiger partial charge in [-0.1, -0.05) is 6.07 Å². The molecule has 0 saturated carbocycles. The molecule has 2 rings (SSSR count). The fourth-order valence-corrected chi connectivity index (χ4v) is 2.58. The highest BCUT2D eigenvalue weighted by Crippen LogP contribution is 2.19. The van der Waals surface area contributed by atoms with Gasteiger partial charge in [0.1, 0.15) is 5.82 Å². The third-order valence-corrected chi connectivity index (χ3v) is 3.90. The second-order valence-electron chi connectivity index (χ2n) is 5.74. The van der Waals surface area contributed by atoms with Gasteiger partial charge in [-0.05, 0) is 38.4 Å². The van der Waals surface area contributed by atoms with Crippen molar-refractivity contribution in [3.05, 3.63) is 23.9 Å². The number of hydrogen-bond donors (Lipinski definition) is 2. The Kier molecular flexibility index (Phi) is 10.6. The van der Waals surface area contributed by atoms with Crippen molar-refractivity contribution < 1.29 is 9.59 Å².